The second kappa shape index (κ2) is 6.10. The summed E-state index contributed by atoms with van der Waals surface area (Å²) in [7, 11) is 0. The number of hydrazine groups is 1. The number of hydrogen-bond donors (Lipinski definition) is 2. The van der Waals surface area contributed by atoms with Gasteiger partial charge in [-0.2, -0.15) is 0 Å². The van der Waals surface area contributed by atoms with E-state index < -0.39 is 0 Å². The van der Waals surface area contributed by atoms with Gasteiger partial charge in [-0.3, -0.25) is 5.84 Å². The number of halogens is 1. The van der Waals surface area contributed by atoms with Crippen LogP contribution in [0.3, 0.4) is 0 Å². The number of hydrogen-bond acceptors (Lipinski definition) is 4. The summed E-state index contributed by atoms with van der Waals surface area (Å²) in [6.07, 6.45) is 1.62. The normalized spacial score (nSPS) is 12.7. The standard InChI is InChI=1S/C14H17ClN2O2/c1-9(2)19-12-6-4-3-5-10(12)13(17-16)11-7-8-18-14(11)15/h3-9,13,17H,16H2,1-2H3. The second-order valence-electron chi connectivity index (χ2n) is 4.45. The van der Waals surface area contributed by atoms with Crippen LogP contribution in [0.1, 0.15) is 31.0 Å². The minimum Gasteiger partial charge on any atom is -0.491 e. The van der Waals surface area contributed by atoms with Crippen LogP contribution >= 0.6 is 11.6 Å². The third-order valence-corrected chi connectivity index (χ3v) is 3.02. The number of rotatable bonds is 5. The molecule has 1 atom stereocenters. The summed E-state index contributed by atoms with van der Waals surface area (Å²) in [5.74, 6) is 6.43. The Bertz CT molecular complexity index is 540. The summed E-state index contributed by atoms with van der Waals surface area (Å²) in [6, 6.07) is 9.23. The fourth-order valence-electron chi connectivity index (χ4n) is 1.94. The predicted molar refractivity (Wildman–Crippen MR) is 75.1 cm³/mol. The Labute approximate surface area is 117 Å². The molecular weight excluding hydrogens is 264 g/mol. The average Bonchev–Trinajstić information content (AvgIpc) is 2.78. The van der Waals surface area contributed by atoms with Crippen molar-refractivity contribution in [1.29, 1.82) is 0 Å². The molecule has 0 radical (unpaired) electrons. The second-order valence-corrected chi connectivity index (χ2v) is 4.80. The maximum Gasteiger partial charge on any atom is 0.198 e. The number of ether oxygens (including phenoxy) is 1. The first kappa shape index (κ1) is 13.9. The van der Waals surface area contributed by atoms with Crippen LogP contribution in [0, 0.1) is 0 Å². The molecular formula is C14H17ClN2O2. The van der Waals surface area contributed by atoms with E-state index in [1.54, 1.807) is 6.07 Å². The van der Waals surface area contributed by atoms with Crippen molar-refractivity contribution in [2.45, 2.75) is 26.0 Å². The van der Waals surface area contributed by atoms with Crippen LogP contribution in [0.4, 0.5) is 0 Å². The van der Waals surface area contributed by atoms with Gasteiger partial charge in [-0.1, -0.05) is 18.2 Å². The highest BCUT2D eigenvalue weighted by molar-refractivity contribution is 6.29. The largest absolute Gasteiger partial charge is 0.491 e. The van der Waals surface area contributed by atoms with E-state index in [4.69, 9.17) is 26.6 Å². The van der Waals surface area contributed by atoms with E-state index in [0.29, 0.717) is 5.22 Å². The zero-order chi connectivity index (χ0) is 13.8. The molecule has 19 heavy (non-hydrogen) atoms. The fourth-order valence-corrected chi connectivity index (χ4v) is 2.16. The molecule has 1 heterocycles. The zero-order valence-corrected chi connectivity index (χ0v) is 11.6. The molecule has 102 valence electrons. The number of nitrogens with two attached hydrogens (primary N) is 1. The molecule has 1 aromatic heterocycles. The first-order chi connectivity index (χ1) is 9.13. The molecule has 0 saturated heterocycles. The minimum absolute atomic E-state index is 0.0828. The summed E-state index contributed by atoms with van der Waals surface area (Å²) >= 11 is 6.02. The zero-order valence-electron chi connectivity index (χ0n) is 10.9. The highest BCUT2D eigenvalue weighted by Gasteiger charge is 2.21. The molecule has 2 rings (SSSR count). The predicted octanol–water partition coefficient (Wildman–Crippen LogP) is 3.27. The van der Waals surface area contributed by atoms with E-state index in [-0.39, 0.29) is 12.1 Å². The maximum absolute atomic E-state index is 6.02. The smallest absolute Gasteiger partial charge is 0.198 e. The van der Waals surface area contributed by atoms with Gasteiger partial charge in [0.15, 0.2) is 5.22 Å². The molecule has 5 heteroatoms. The minimum atomic E-state index is -0.277. The summed E-state index contributed by atoms with van der Waals surface area (Å²) < 4.78 is 10.9. The van der Waals surface area contributed by atoms with Crippen molar-refractivity contribution in [3.05, 3.63) is 52.9 Å². The summed E-state index contributed by atoms with van der Waals surface area (Å²) in [5, 5.41) is 0.322. The lowest BCUT2D eigenvalue weighted by atomic mass is 10.0. The van der Waals surface area contributed by atoms with E-state index in [0.717, 1.165) is 16.9 Å². The van der Waals surface area contributed by atoms with Crippen LogP contribution in [-0.4, -0.2) is 6.10 Å². The highest BCUT2D eigenvalue weighted by atomic mass is 35.5. The van der Waals surface area contributed by atoms with Gasteiger partial charge in [0.1, 0.15) is 5.75 Å². The van der Waals surface area contributed by atoms with Crippen molar-refractivity contribution in [2.24, 2.45) is 5.84 Å². The molecule has 4 nitrogen and oxygen atoms in total. The molecule has 0 aliphatic carbocycles. The third-order valence-electron chi connectivity index (χ3n) is 2.72. The Kier molecular flexibility index (Phi) is 4.47. The van der Waals surface area contributed by atoms with Crippen molar-refractivity contribution >= 4 is 11.6 Å². The monoisotopic (exact) mass is 280 g/mol. The molecule has 0 spiro atoms. The van der Waals surface area contributed by atoms with Gasteiger partial charge >= 0.3 is 0 Å². The van der Waals surface area contributed by atoms with Crippen LogP contribution in [0.15, 0.2) is 41.0 Å². The highest BCUT2D eigenvalue weighted by Crippen LogP contribution is 2.33. The molecule has 0 saturated carbocycles. The summed E-state index contributed by atoms with van der Waals surface area (Å²) in [6.45, 7) is 3.96. The van der Waals surface area contributed by atoms with Crippen molar-refractivity contribution in [3.8, 4) is 5.75 Å². The third kappa shape index (κ3) is 3.10. The van der Waals surface area contributed by atoms with Gasteiger partial charge in [0.05, 0.1) is 18.4 Å². The van der Waals surface area contributed by atoms with Gasteiger partial charge in [0.2, 0.25) is 0 Å². The van der Waals surface area contributed by atoms with Crippen LogP contribution < -0.4 is 16.0 Å². The summed E-state index contributed by atoms with van der Waals surface area (Å²) in [5.41, 5.74) is 4.45. The SMILES string of the molecule is CC(C)Oc1ccccc1C(NN)c1ccoc1Cl. The molecule has 0 bridgehead atoms. The Morgan fingerprint density at radius 3 is 2.53 bits per heavy atom. The van der Waals surface area contributed by atoms with Gasteiger partial charge in [-0.05, 0) is 37.6 Å². The Morgan fingerprint density at radius 1 is 1.21 bits per heavy atom. The van der Waals surface area contributed by atoms with E-state index in [1.165, 1.54) is 6.26 Å². The molecule has 1 aromatic carbocycles. The van der Waals surface area contributed by atoms with Crippen molar-refractivity contribution < 1.29 is 9.15 Å². The molecule has 2 aromatic rings. The summed E-state index contributed by atoms with van der Waals surface area (Å²) in [4.78, 5) is 0. The quantitative estimate of drug-likeness (QED) is 0.652. The molecule has 0 amide bonds. The number of nitrogens with one attached hydrogen (secondary N) is 1. The first-order valence-corrected chi connectivity index (χ1v) is 6.46. The van der Waals surface area contributed by atoms with Crippen LogP contribution in [0.2, 0.25) is 5.22 Å². The molecule has 0 aliphatic rings. The van der Waals surface area contributed by atoms with E-state index in [9.17, 15) is 0 Å². The number of furan rings is 1. The number of benzene rings is 1. The topological polar surface area (TPSA) is 60.4 Å². The van der Waals surface area contributed by atoms with Gasteiger partial charge in [0, 0.05) is 11.1 Å². The fraction of sp³-hybridized carbons (Fsp3) is 0.286. The van der Waals surface area contributed by atoms with Crippen molar-refractivity contribution in [3.63, 3.8) is 0 Å². The molecule has 1 unspecified atom stereocenters. The lowest BCUT2D eigenvalue weighted by Gasteiger charge is -2.20. The van der Waals surface area contributed by atoms with Crippen LogP contribution in [-0.2, 0) is 0 Å². The number of para-hydroxylation sites is 1. The lowest BCUT2D eigenvalue weighted by Crippen LogP contribution is -2.29. The average molecular weight is 281 g/mol. The van der Waals surface area contributed by atoms with E-state index in [2.05, 4.69) is 5.43 Å². The maximum atomic E-state index is 6.02. The lowest BCUT2D eigenvalue weighted by molar-refractivity contribution is 0.238. The van der Waals surface area contributed by atoms with Gasteiger partial charge in [-0.15, -0.1) is 0 Å². The Hall–Kier alpha value is -1.49. The van der Waals surface area contributed by atoms with Crippen molar-refractivity contribution in [1.82, 2.24) is 5.43 Å². The van der Waals surface area contributed by atoms with Crippen LogP contribution in [0.25, 0.3) is 0 Å². The van der Waals surface area contributed by atoms with Gasteiger partial charge < -0.3 is 9.15 Å². The van der Waals surface area contributed by atoms with Crippen LogP contribution in [0.5, 0.6) is 5.75 Å². The van der Waals surface area contributed by atoms with Gasteiger partial charge in [-0.25, -0.2) is 5.43 Å². The molecule has 0 aliphatic heterocycles. The first-order valence-electron chi connectivity index (χ1n) is 6.08. The van der Waals surface area contributed by atoms with Crippen molar-refractivity contribution in [2.75, 3.05) is 0 Å². The van der Waals surface area contributed by atoms with E-state index >= 15 is 0 Å². The Morgan fingerprint density at radius 2 is 1.95 bits per heavy atom. The Balaban J connectivity index is 2.41. The molecule has 0 fully saturated rings. The molecule has 3 N–H and O–H groups in total. The van der Waals surface area contributed by atoms with Gasteiger partial charge in [0.25, 0.3) is 0 Å². The van der Waals surface area contributed by atoms with E-state index in [1.807, 2.05) is 38.1 Å².